The summed E-state index contributed by atoms with van der Waals surface area (Å²) < 4.78 is 25.3. The molecule has 1 unspecified atom stereocenters. The minimum atomic E-state index is -2.08. The average Bonchev–Trinajstić information content (AvgIpc) is 3.19. The molecule has 37 heavy (non-hydrogen) atoms. The van der Waals surface area contributed by atoms with Crippen LogP contribution in [0.3, 0.4) is 0 Å². The molecule has 3 aromatic carbocycles. The lowest BCUT2D eigenvalue weighted by Gasteiger charge is -2.63. The van der Waals surface area contributed by atoms with E-state index in [2.05, 4.69) is 41.3 Å². The van der Waals surface area contributed by atoms with Gasteiger partial charge < -0.3 is 9.47 Å². The number of anilines is 1. The van der Waals surface area contributed by atoms with Crippen LogP contribution in [0, 0.1) is 5.82 Å². The Morgan fingerprint density at radius 1 is 0.865 bits per heavy atom. The van der Waals surface area contributed by atoms with E-state index in [1.54, 1.807) is 6.07 Å². The summed E-state index contributed by atoms with van der Waals surface area (Å²) in [5, 5.41) is 2.52. The third-order valence-corrected chi connectivity index (χ3v) is 8.30. The van der Waals surface area contributed by atoms with E-state index >= 15 is 0 Å². The molecule has 1 atom stereocenters. The third kappa shape index (κ3) is 2.99. The molecule has 0 saturated carbocycles. The highest BCUT2D eigenvalue weighted by Crippen LogP contribution is 2.55. The van der Waals surface area contributed by atoms with Gasteiger partial charge in [-0.15, -0.1) is 0 Å². The molecule has 4 aliphatic rings. The zero-order valence-corrected chi connectivity index (χ0v) is 19.9. The molecule has 0 aromatic heterocycles. The van der Waals surface area contributed by atoms with E-state index in [1.807, 2.05) is 0 Å². The summed E-state index contributed by atoms with van der Waals surface area (Å²) >= 11 is 0. The van der Waals surface area contributed by atoms with Crippen molar-refractivity contribution in [2.75, 3.05) is 18.0 Å². The highest BCUT2D eigenvalue weighted by molar-refractivity contribution is 6.12. The van der Waals surface area contributed by atoms with Gasteiger partial charge in [0.1, 0.15) is 11.4 Å². The number of carbonyl (C=O) groups is 3. The molecule has 1 aliphatic carbocycles. The van der Waals surface area contributed by atoms with Crippen LogP contribution in [0.15, 0.2) is 72.8 Å². The summed E-state index contributed by atoms with van der Waals surface area (Å²) in [6, 6.07) is 18.6. The molecule has 3 aliphatic heterocycles. The summed E-state index contributed by atoms with van der Waals surface area (Å²) in [6.45, 7) is 1.14. The monoisotopic (exact) mass is 498 g/mol. The standard InChI is InChI=1S/C29H23FN2O5/c30-20-7-3-8-21(17-20)32-27(35)29(36-24(33)10-11-25(34)37-29)28(32)12-14-31(15-13-28)23-16-19-6-1-4-18-5-2-9-22(23)26(18)19/h1-11,17,23H,12-16H2. The molecule has 0 bridgehead atoms. The molecular weight excluding hydrogens is 475 g/mol. The first-order chi connectivity index (χ1) is 17.9. The molecule has 3 heterocycles. The number of hydrogen-bond acceptors (Lipinski definition) is 6. The smallest absolute Gasteiger partial charge is 0.361 e. The van der Waals surface area contributed by atoms with Crippen LogP contribution in [0.1, 0.15) is 30.0 Å². The van der Waals surface area contributed by atoms with Crippen molar-refractivity contribution < 1.29 is 28.2 Å². The normalized spacial score (nSPS) is 23.8. The Bertz CT molecular complexity index is 1500. The van der Waals surface area contributed by atoms with Gasteiger partial charge in [0.2, 0.25) is 0 Å². The Hall–Kier alpha value is -4.04. The molecule has 0 radical (unpaired) electrons. The minimum absolute atomic E-state index is 0.175. The lowest BCUT2D eigenvalue weighted by Crippen LogP contribution is -2.86. The van der Waals surface area contributed by atoms with Crippen molar-refractivity contribution >= 4 is 34.3 Å². The zero-order chi connectivity index (χ0) is 25.4. The van der Waals surface area contributed by atoms with E-state index in [1.165, 1.54) is 45.0 Å². The molecule has 3 aromatic rings. The van der Waals surface area contributed by atoms with Crippen LogP contribution in [0.5, 0.6) is 0 Å². The second-order valence-corrected chi connectivity index (χ2v) is 10.1. The van der Waals surface area contributed by atoms with E-state index in [9.17, 15) is 18.8 Å². The Morgan fingerprint density at radius 2 is 1.54 bits per heavy atom. The predicted octanol–water partition coefficient (Wildman–Crippen LogP) is 3.81. The van der Waals surface area contributed by atoms with E-state index < -0.39 is 35.0 Å². The molecular formula is C29H23FN2O5. The molecule has 0 N–H and O–H groups in total. The number of amides is 1. The number of halogens is 1. The van der Waals surface area contributed by atoms with Crippen molar-refractivity contribution in [3.8, 4) is 0 Å². The van der Waals surface area contributed by atoms with E-state index in [-0.39, 0.29) is 6.04 Å². The first kappa shape index (κ1) is 22.2. The Balaban J connectivity index is 1.25. The number of esters is 2. The minimum Gasteiger partial charge on any atom is -0.408 e. The van der Waals surface area contributed by atoms with Crippen LogP contribution >= 0.6 is 0 Å². The number of benzene rings is 3. The van der Waals surface area contributed by atoms with Crippen LogP contribution in [-0.4, -0.2) is 47.2 Å². The first-order valence-electron chi connectivity index (χ1n) is 12.4. The number of piperidine rings is 1. The number of carbonyl (C=O) groups excluding carboxylic acids is 3. The van der Waals surface area contributed by atoms with Gasteiger partial charge in [-0.2, -0.15) is 0 Å². The van der Waals surface area contributed by atoms with Gasteiger partial charge in [-0.25, -0.2) is 14.0 Å². The van der Waals surface area contributed by atoms with Crippen LogP contribution in [0.2, 0.25) is 0 Å². The summed E-state index contributed by atoms with van der Waals surface area (Å²) in [5.74, 6) is -4.90. The number of ether oxygens (including phenoxy) is 2. The van der Waals surface area contributed by atoms with Gasteiger partial charge in [-0.3, -0.25) is 14.6 Å². The highest BCUT2D eigenvalue weighted by Gasteiger charge is 2.78. The van der Waals surface area contributed by atoms with E-state index in [4.69, 9.17) is 9.47 Å². The lowest BCUT2D eigenvalue weighted by atomic mass is 9.69. The molecule has 1 amide bonds. The van der Waals surface area contributed by atoms with Gasteiger partial charge in [0.25, 0.3) is 0 Å². The van der Waals surface area contributed by atoms with Crippen LogP contribution in [0.25, 0.3) is 10.8 Å². The number of fused-ring (bicyclic) bond motifs is 1. The maximum atomic E-state index is 14.2. The Labute approximate surface area is 212 Å². The van der Waals surface area contributed by atoms with E-state index in [0.717, 1.165) is 18.6 Å². The SMILES string of the molecule is O=C1C=CC(=O)OC2(O1)C(=O)N(c1cccc(F)c1)C21CCN(C2Cc3cccc4cccc2c34)CC1. The highest BCUT2D eigenvalue weighted by atomic mass is 19.1. The summed E-state index contributed by atoms with van der Waals surface area (Å²) in [7, 11) is 0. The third-order valence-electron chi connectivity index (χ3n) is 8.30. The van der Waals surface area contributed by atoms with Gasteiger partial charge in [-0.1, -0.05) is 42.5 Å². The van der Waals surface area contributed by atoms with Gasteiger partial charge in [0.05, 0.1) is 0 Å². The van der Waals surface area contributed by atoms with Crippen LogP contribution in [-0.2, 0) is 30.3 Å². The summed E-state index contributed by atoms with van der Waals surface area (Å²) in [6.07, 6.45) is 3.56. The predicted molar refractivity (Wildman–Crippen MR) is 132 cm³/mol. The number of likely N-dealkylation sites (tertiary alicyclic amines) is 1. The van der Waals surface area contributed by atoms with Gasteiger partial charge >= 0.3 is 23.6 Å². The number of hydrogen-bond donors (Lipinski definition) is 0. The topological polar surface area (TPSA) is 76.2 Å². The summed E-state index contributed by atoms with van der Waals surface area (Å²) in [4.78, 5) is 42.3. The number of rotatable bonds is 2. The average molecular weight is 499 g/mol. The van der Waals surface area contributed by atoms with Crippen LogP contribution in [0.4, 0.5) is 10.1 Å². The lowest BCUT2D eigenvalue weighted by molar-refractivity contribution is -0.264. The molecule has 2 saturated heterocycles. The number of β-lactam (4-membered cyclic amide) rings is 1. The van der Waals surface area contributed by atoms with Crippen LogP contribution < -0.4 is 4.90 Å². The maximum Gasteiger partial charge on any atom is 0.361 e. The number of nitrogens with zero attached hydrogens (tertiary/aromatic N) is 2. The molecule has 2 fully saturated rings. The fraction of sp³-hybridized carbons (Fsp3) is 0.276. The van der Waals surface area contributed by atoms with Crippen molar-refractivity contribution in [1.29, 1.82) is 0 Å². The fourth-order valence-corrected chi connectivity index (χ4v) is 6.70. The van der Waals surface area contributed by atoms with Crippen molar-refractivity contribution in [2.45, 2.75) is 36.6 Å². The van der Waals surface area contributed by atoms with Gasteiger partial charge in [0, 0.05) is 37.0 Å². The Morgan fingerprint density at radius 3 is 2.24 bits per heavy atom. The maximum absolute atomic E-state index is 14.2. The van der Waals surface area contributed by atoms with Crippen molar-refractivity contribution in [2.24, 2.45) is 0 Å². The second-order valence-electron chi connectivity index (χ2n) is 10.1. The second kappa shape index (κ2) is 7.73. The Kier molecular flexibility index (Phi) is 4.63. The van der Waals surface area contributed by atoms with Crippen molar-refractivity contribution in [1.82, 2.24) is 4.90 Å². The van der Waals surface area contributed by atoms with Crippen molar-refractivity contribution in [3.05, 3.63) is 89.8 Å². The van der Waals surface area contributed by atoms with E-state index in [0.29, 0.717) is 31.6 Å². The summed E-state index contributed by atoms with van der Waals surface area (Å²) in [5.41, 5.74) is 1.78. The quantitative estimate of drug-likeness (QED) is 0.395. The fourth-order valence-electron chi connectivity index (χ4n) is 6.70. The molecule has 2 spiro atoms. The molecule has 8 heteroatoms. The largest absolute Gasteiger partial charge is 0.408 e. The van der Waals surface area contributed by atoms with Gasteiger partial charge in [0.15, 0.2) is 0 Å². The zero-order valence-electron chi connectivity index (χ0n) is 19.9. The molecule has 7 nitrogen and oxygen atoms in total. The molecule has 186 valence electrons. The molecule has 7 rings (SSSR count). The van der Waals surface area contributed by atoms with Gasteiger partial charge in [-0.05, 0) is 59.4 Å². The van der Waals surface area contributed by atoms with Crippen molar-refractivity contribution in [3.63, 3.8) is 0 Å². The first-order valence-corrected chi connectivity index (χ1v) is 12.4.